The van der Waals surface area contributed by atoms with Crippen LogP contribution in [0.5, 0.6) is 0 Å². The van der Waals surface area contributed by atoms with Gasteiger partial charge in [0, 0.05) is 6.42 Å². The Morgan fingerprint density at radius 1 is 0.647 bits per heavy atom. The minimum Gasteiger partial charge on any atom is -0.467 e. The lowest BCUT2D eigenvalue weighted by Gasteiger charge is -2.28. The standard InChI is InChI=1S/C37H53N5O9/c1-22(2)31(35(47)42-32(23(3)4)36(48)50-7)41-30(44)19-18-29(43)28(20-26-14-10-8-11-15-26)40-34(46)24(5)38-33(45)25(6)39-37(49)51-21-27-16-12-9-13-17-27/h8-17,22-25,28-29,31-32,43H,18-21H2,1-7H3,(H,38,45)(H,39,49)(H,40,46)(H,41,44)(H,42,47)/t24-,25-,28-,29?,31-,32-/m0/s1. The zero-order valence-corrected chi connectivity index (χ0v) is 30.4. The number of amides is 5. The number of nitrogens with one attached hydrogen (secondary N) is 5. The van der Waals surface area contributed by atoms with Crippen molar-refractivity contribution in [2.45, 2.75) is 104 Å². The van der Waals surface area contributed by atoms with Crippen molar-refractivity contribution in [2.24, 2.45) is 11.8 Å². The summed E-state index contributed by atoms with van der Waals surface area (Å²) >= 11 is 0. The molecular formula is C37H53N5O9. The summed E-state index contributed by atoms with van der Waals surface area (Å²) in [4.78, 5) is 76.4. The first-order valence-corrected chi connectivity index (χ1v) is 17.1. The van der Waals surface area contributed by atoms with Gasteiger partial charge in [-0.25, -0.2) is 9.59 Å². The van der Waals surface area contributed by atoms with E-state index in [1.807, 2.05) is 48.5 Å². The van der Waals surface area contributed by atoms with Crippen LogP contribution in [0.2, 0.25) is 0 Å². The lowest BCUT2D eigenvalue weighted by Crippen LogP contribution is -2.55. The van der Waals surface area contributed by atoms with Gasteiger partial charge in [0.1, 0.15) is 30.8 Å². The Bertz CT molecular complexity index is 1440. The third-order valence-corrected chi connectivity index (χ3v) is 8.14. The molecule has 2 aromatic rings. The maximum atomic E-state index is 13.2. The topological polar surface area (TPSA) is 201 Å². The predicted octanol–water partition coefficient (Wildman–Crippen LogP) is 2.13. The van der Waals surface area contributed by atoms with Crippen LogP contribution in [0.25, 0.3) is 0 Å². The summed E-state index contributed by atoms with van der Waals surface area (Å²) in [5.41, 5.74) is 1.60. The summed E-state index contributed by atoms with van der Waals surface area (Å²) in [5, 5.41) is 24.3. The maximum Gasteiger partial charge on any atom is 0.408 e. The summed E-state index contributed by atoms with van der Waals surface area (Å²) < 4.78 is 9.95. The van der Waals surface area contributed by atoms with Gasteiger partial charge in [0.15, 0.2) is 0 Å². The van der Waals surface area contributed by atoms with Gasteiger partial charge in [-0.05, 0) is 49.7 Å². The number of benzene rings is 2. The molecule has 0 radical (unpaired) electrons. The van der Waals surface area contributed by atoms with Crippen LogP contribution in [-0.4, -0.2) is 84.2 Å². The average Bonchev–Trinajstić information content (AvgIpc) is 3.10. The van der Waals surface area contributed by atoms with Gasteiger partial charge in [-0.3, -0.25) is 19.2 Å². The second kappa shape index (κ2) is 21.3. The monoisotopic (exact) mass is 711 g/mol. The third kappa shape index (κ3) is 14.8. The van der Waals surface area contributed by atoms with Crippen LogP contribution in [0.3, 0.4) is 0 Å². The molecule has 5 amide bonds. The van der Waals surface area contributed by atoms with Crippen molar-refractivity contribution in [3.63, 3.8) is 0 Å². The Balaban J connectivity index is 2.00. The number of carbonyl (C=O) groups excluding carboxylic acids is 6. The number of hydrogen-bond donors (Lipinski definition) is 6. The molecule has 0 heterocycles. The van der Waals surface area contributed by atoms with Crippen molar-refractivity contribution in [3.8, 4) is 0 Å². The van der Waals surface area contributed by atoms with Gasteiger partial charge in [-0.15, -0.1) is 0 Å². The minimum absolute atomic E-state index is 0.0238. The molecule has 51 heavy (non-hydrogen) atoms. The Hall–Kier alpha value is -4.98. The molecule has 0 bridgehead atoms. The molecule has 0 aromatic heterocycles. The van der Waals surface area contributed by atoms with Gasteiger partial charge in [0.05, 0.1) is 19.3 Å². The molecule has 0 aliphatic heterocycles. The van der Waals surface area contributed by atoms with E-state index in [1.54, 1.807) is 39.8 Å². The van der Waals surface area contributed by atoms with Crippen LogP contribution < -0.4 is 26.6 Å². The highest BCUT2D eigenvalue weighted by Gasteiger charge is 2.32. The minimum atomic E-state index is -1.18. The smallest absolute Gasteiger partial charge is 0.408 e. The van der Waals surface area contributed by atoms with Gasteiger partial charge in [0.25, 0.3) is 0 Å². The number of methoxy groups -OCH3 is 1. The number of rotatable bonds is 19. The Labute approximate surface area is 299 Å². The third-order valence-electron chi connectivity index (χ3n) is 8.14. The molecule has 2 rings (SSSR count). The predicted molar refractivity (Wildman–Crippen MR) is 190 cm³/mol. The zero-order chi connectivity index (χ0) is 38.1. The molecule has 280 valence electrons. The number of ether oxygens (including phenoxy) is 2. The molecule has 6 atom stereocenters. The van der Waals surface area contributed by atoms with E-state index in [1.165, 1.54) is 21.0 Å². The zero-order valence-electron chi connectivity index (χ0n) is 30.4. The van der Waals surface area contributed by atoms with Gasteiger partial charge >= 0.3 is 12.1 Å². The molecule has 1 unspecified atom stereocenters. The first-order chi connectivity index (χ1) is 24.1. The summed E-state index contributed by atoms with van der Waals surface area (Å²) in [6, 6.07) is 13.4. The fraction of sp³-hybridized carbons (Fsp3) is 0.514. The van der Waals surface area contributed by atoms with Gasteiger partial charge in [0.2, 0.25) is 23.6 Å². The second-order valence-electron chi connectivity index (χ2n) is 13.1. The number of hydrogen-bond acceptors (Lipinski definition) is 9. The van der Waals surface area contributed by atoms with E-state index in [0.29, 0.717) is 0 Å². The lowest BCUT2D eigenvalue weighted by molar-refractivity contribution is -0.146. The van der Waals surface area contributed by atoms with E-state index < -0.39 is 72.0 Å². The lowest BCUT2D eigenvalue weighted by atomic mass is 9.97. The number of alkyl carbamates (subject to hydrolysis) is 1. The fourth-order valence-corrected chi connectivity index (χ4v) is 5.00. The van der Waals surface area contributed by atoms with Crippen LogP contribution in [0, 0.1) is 11.8 Å². The van der Waals surface area contributed by atoms with Gasteiger partial charge in [-0.1, -0.05) is 88.4 Å². The Morgan fingerprint density at radius 3 is 1.73 bits per heavy atom. The Kier molecular flexibility index (Phi) is 17.6. The van der Waals surface area contributed by atoms with E-state index in [-0.39, 0.29) is 37.7 Å². The van der Waals surface area contributed by atoms with Crippen molar-refractivity contribution < 1.29 is 43.3 Å². The summed E-state index contributed by atoms with van der Waals surface area (Å²) in [6.45, 7) is 9.96. The number of carbonyl (C=O) groups is 6. The largest absolute Gasteiger partial charge is 0.467 e. The van der Waals surface area contributed by atoms with Gasteiger partial charge in [-0.2, -0.15) is 0 Å². The number of aliphatic hydroxyl groups excluding tert-OH is 1. The van der Waals surface area contributed by atoms with E-state index in [2.05, 4.69) is 26.6 Å². The Morgan fingerprint density at radius 2 is 1.18 bits per heavy atom. The highest BCUT2D eigenvalue weighted by molar-refractivity contribution is 5.92. The maximum absolute atomic E-state index is 13.2. The summed E-state index contributed by atoms with van der Waals surface area (Å²) in [5.74, 6) is -3.42. The van der Waals surface area contributed by atoms with Gasteiger partial charge < -0.3 is 41.2 Å². The molecule has 0 saturated carbocycles. The molecule has 6 N–H and O–H groups in total. The number of aliphatic hydroxyl groups is 1. The van der Waals surface area contributed by atoms with E-state index in [4.69, 9.17) is 9.47 Å². The van der Waals surface area contributed by atoms with Crippen molar-refractivity contribution in [1.29, 1.82) is 0 Å². The van der Waals surface area contributed by atoms with E-state index in [9.17, 15) is 33.9 Å². The molecule has 0 aliphatic rings. The van der Waals surface area contributed by atoms with E-state index >= 15 is 0 Å². The summed E-state index contributed by atoms with van der Waals surface area (Å²) in [6.07, 6.45) is -1.98. The molecule has 0 spiro atoms. The van der Waals surface area contributed by atoms with Crippen LogP contribution >= 0.6 is 0 Å². The average molecular weight is 712 g/mol. The quantitative estimate of drug-likeness (QED) is 0.118. The molecule has 14 heteroatoms. The molecule has 0 saturated heterocycles. The van der Waals surface area contributed by atoms with Crippen molar-refractivity contribution in [1.82, 2.24) is 26.6 Å². The second-order valence-corrected chi connectivity index (χ2v) is 13.1. The van der Waals surface area contributed by atoms with Crippen LogP contribution in [0.1, 0.15) is 65.5 Å². The molecule has 0 aliphatic carbocycles. The first-order valence-electron chi connectivity index (χ1n) is 17.1. The first kappa shape index (κ1) is 42.2. The normalized spacial score (nSPS) is 14.5. The van der Waals surface area contributed by atoms with Crippen LogP contribution in [-0.2, 0) is 46.5 Å². The number of esters is 1. The van der Waals surface area contributed by atoms with Crippen molar-refractivity contribution >= 4 is 35.7 Å². The van der Waals surface area contributed by atoms with Crippen molar-refractivity contribution in [2.75, 3.05) is 7.11 Å². The molecule has 0 fully saturated rings. The molecule has 2 aromatic carbocycles. The molecular weight excluding hydrogens is 658 g/mol. The summed E-state index contributed by atoms with van der Waals surface area (Å²) in [7, 11) is 1.23. The van der Waals surface area contributed by atoms with Crippen molar-refractivity contribution in [3.05, 3.63) is 71.8 Å². The van der Waals surface area contributed by atoms with E-state index in [0.717, 1.165) is 11.1 Å². The highest BCUT2D eigenvalue weighted by Crippen LogP contribution is 2.13. The van der Waals surface area contributed by atoms with Crippen LogP contribution in [0.15, 0.2) is 60.7 Å². The molecule has 14 nitrogen and oxygen atoms in total. The van der Waals surface area contributed by atoms with Crippen LogP contribution in [0.4, 0.5) is 4.79 Å². The SMILES string of the molecule is COC(=O)[C@@H](NC(=O)[C@@H](NC(=O)CCC(O)[C@H](Cc1ccccc1)NC(=O)[C@H](C)NC(=O)[C@H](C)NC(=O)OCc1ccccc1)C(C)C)C(C)C. The highest BCUT2D eigenvalue weighted by atomic mass is 16.5. The fourth-order valence-electron chi connectivity index (χ4n) is 5.00.